The lowest BCUT2D eigenvalue weighted by atomic mass is 10.1. The second kappa shape index (κ2) is 7.84. The molecule has 0 saturated carbocycles. The van der Waals surface area contributed by atoms with Crippen LogP contribution in [-0.4, -0.2) is 36.9 Å². The molecule has 0 aliphatic rings. The maximum absolute atomic E-state index is 11.8. The first kappa shape index (κ1) is 18.0. The van der Waals surface area contributed by atoms with E-state index in [4.69, 9.17) is 23.2 Å². The zero-order chi connectivity index (χ0) is 16.0. The molecule has 4 nitrogen and oxygen atoms in total. The predicted octanol–water partition coefficient (Wildman–Crippen LogP) is 2.72. The first-order valence-electron chi connectivity index (χ1n) is 5.72. The van der Waals surface area contributed by atoms with Gasteiger partial charge in [-0.1, -0.05) is 23.2 Å². The number of halogens is 5. The largest absolute Gasteiger partial charge is 0.411 e. The second-order valence-electron chi connectivity index (χ2n) is 4.13. The Labute approximate surface area is 128 Å². The highest BCUT2D eigenvalue weighted by Gasteiger charge is 2.27. The van der Waals surface area contributed by atoms with E-state index >= 15 is 0 Å². The zero-order valence-corrected chi connectivity index (χ0v) is 12.1. The van der Waals surface area contributed by atoms with E-state index in [1.54, 1.807) is 0 Å². The number of ether oxygens (including phenoxy) is 1. The monoisotopic (exact) mass is 345 g/mol. The van der Waals surface area contributed by atoms with Gasteiger partial charge in [0.05, 0.1) is 6.10 Å². The van der Waals surface area contributed by atoms with Crippen LogP contribution in [0.2, 0.25) is 10.0 Å². The molecule has 1 aromatic rings. The van der Waals surface area contributed by atoms with Crippen molar-refractivity contribution in [1.82, 2.24) is 5.32 Å². The van der Waals surface area contributed by atoms with E-state index in [1.807, 2.05) is 0 Å². The summed E-state index contributed by atoms with van der Waals surface area (Å²) in [4.78, 5) is 11.2. The van der Waals surface area contributed by atoms with Crippen molar-refractivity contribution >= 4 is 29.1 Å². The van der Waals surface area contributed by atoms with Gasteiger partial charge in [-0.15, -0.1) is 0 Å². The molecule has 0 aliphatic carbocycles. The minimum absolute atomic E-state index is 0.203. The van der Waals surface area contributed by atoms with Crippen LogP contribution in [0.1, 0.15) is 11.7 Å². The van der Waals surface area contributed by atoms with Crippen molar-refractivity contribution in [3.8, 4) is 0 Å². The molecule has 0 saturated heterocycles. The molecule has 0 radical (unpaired) electrons. The molecule has 118 valence electrons. The Balaban J connectivity index is 2.38. The highest BCUT2D eigenvalue weighted by atomic mass is 35.5. The standard InChI is InChI=1S/C12H12Cl2F3NO3/c13-8-1-7(2-9(14)3-8)10(19)4-18-11(20)5-21-6-12(15,16)17/h1-3,10,19H,4-6H2,(H,18,20). The predicted molar refractivity (Wildman–Crippen MR) is 71.3 cm³/mol. The number of carbonyl (C=O) groups excluding carboxylic acids is 1. The maximum atomic E-state index is 11.8. The van der Waals surface area contributed by atoms with E-state index in [0.717, 1.165) is 0 Å². The van der Waals surface area contributed by atoms with Gasteiger partial charge in [-0.05, 0) is 23.8 Å². The molecule has 0 aliphatic heterocycles. The number of rotatable bonds is 6. The Morgan fingerprint density at radius 2 is 1.86 bits per heavy atom. The highest BCUT2D eigenvalue weighted by Crippen LogP contribution is 2.23. The Bertz CT molecular complexity index is 477. The average Bonchev–Trinajstić information content (AvgIpc) is 2.33. The lowest BCUT2D eigenvalue weighted by molar-refractivity contribution is -0.175. The number of nitrogens with one attached hydrogen (secondary N) is 1. The highest BCUT2D eigenvalue weighted by molar-refractivity contribution is 6.34. The summed E-state index contributed by atoms with van der Waals surface area (Å²) in [5, 5.41) is 12.7. The van der Waals surface area contributed by atoms with Crippen molar-refractivity contribution in [2.45, 2.75) is 12.3 Å². The van der Waals surface area contributed by atoms with E-state index in [0.29, 0.717) is 15.6 Å². The van der Waals surface area contributed by atoms with Crippen molar-refractivity contribution in [1.29, 1.82) is 0 Å². The number of aliphatic hydroxyl groups excluding tert-OH is 1. The van der Waals surface area contributed by atoms with Crippen LogP contribution < -0.4 is 5.32 Å². The molecule has 2 N–H and O–H groups in total. The number of hydrogen-bond acceptors (Lipinski definition) is 3. The van der Waals surface area contributed by atoms with Crippen molar-refractivity contribution in [3.05, 3.63) is 33.8 Å². The van der Waals surface area contributed by atoms with Crippen molar-refractivity contribution in [2.24, 2.45) is 0 Å². The van der Waals surface area contributed by atoms with Crippen LogP contribution in [0.3, 0.4) is 0 Å². The number of hydrogen-bond donors (Lipinski definition) is 2. The summed E-state index contributed by atoms with van der Waals surface area (Å²) in [6.07, 6.45) is -5.58. The lowest BCUT2D eigenvalue weighted by Gasteiger charge is -2.13. The summed E-state index contributed by atoms with van der Waals surface area (Å²) in [5.41, 5.74) is 0.379. The summed E-state index contributed by atoms with van der Waals surface area (Å²) in [5.74, 6) is -0.772. The average molecular weight is 346 g/mol. The third-order valence-electron chi connectivity index (χ3n) is 2.26. The molecule has 21 heavy (non-hydrogen) atoms. The van der Waals surface area contributed by atoms with Crippen molar-refractivity contribution in [2.75, 3.05) is 19.8 Å². The van der Waals surface area contributed by atoms with Crippen molar-refractivity contribution in [3.63, 3.8) is 0 Å². The minimum atomic E-state index is -4.49. The van der Waals surface area contributed by atoms with E-state index in [-0.39, 0.29) is 6.54 Å². The summed E-state index contributed by atoms with van der Waals surface area (Å²) in [7, 11) is 0. The van der Waals surface area contributed by atoms with E-state index in [1.165, 1.54) is 18.2 Å². The van der Waals surface area contributed by atoms with Gasteiger partial charge >= 0.3 is 6.18 Å². The van der Waals surface area contributed by atoms with Crippen LogP contribution in [-0.2, 0) is 9.53 Å². The third-order valence-corrected chi connectivity index (χ3v) is 2.70. The van der Waals surface area contributed by atoms with Crippen LogP contribution >= 0.6 is 23.2 Å². The smallest absolute Gasteiger partial charge is 0.387 e. The summed E-state index contributed by atoms with van der Waals surface area (Å²) < 4.78 is 39.6. The molecule has 0 bridgehead atoms. The fourth-order valence-electron chi connectivity index (χ4n) is 1.41. The Morgan fingerprint density at radius 3 is 2.38 bits per heavy atom. The molecular formula is C12H12Cl2F3NO3. The van der Waals surface area contributed by atoms with Crippen LogP contribution in [0, 0.1) is 0 Å². The van der Waals surface area contributed by atoms with E-state index < -0.39 is 31.4 Å². The number of amides is 1. The molecule has 0 aromatic heterocycles. The fourth-order valence-corrected chi connectivity index (χ4v) is 1.95. The van der Waals surface area contributed by atoms with Crippen LogP contribution in [0.15, 0.2) is 18.2 Å². The molecule has 1 rings (SSSR count). The Hall–Kier alpha value is -1.02. The van der Waals surface area contributed by atoms with Gasteiger partial charge in [0.25, 0.3) is 0 Å². The summed E-state index contributed by atoms with van der Waals surface area (Å²) in [6, 6.07) is 4.40. The molecule has 1 aromatic carbocycles. The summed E-state index contributed by atoms with van der Waals surface area (Å²) >= 11 is 11.5. The molecule has 1 amide bonds. The zero-order valence-electron chi connectivity index (χ0n) is 10.6. The van der Waals surface area contributed by atoms with Crippen LogP contribution in [0.4, 0.5) is 13.2 Å². The molecule has 9 heteroatoms. The molecule has 1 unspecified atom stereocenters. The lowest BCUT2D eigenvalue weighted by Crippen LogP contribution is -2.32. The maximum Gasteiger partial charge on any atom is 0.411 e. The van der Waals surface area contributed by atoms with Gasteiger partial charge in [0, 0.05) is 16.6 Å². The first-order chi connectivity index (χ1) is 9.67. The topological polar surface area (TPSA) is 58.6 Å². The number of alkyl halides is 3. The van der Waals surface area contributed by atoms with Gasteiger partial charge in [-0.3, -0.25) is 4.79 Å². The van der Waals surface area contributed by atoms with Gasteiger partial charge < -0.3 is 15.2 Å². The van der Waals surface area contributed by atoms with Gasteiger partial charge in [0.15, 0.2) is 0 Å². The van der Waals surface area contributed by atoms with Gasteiger partial charge in [-0.25, -0.2) is 0 Å². The van der Waals surface area contributed by atoms with Crippen LogP contribution in [0.25, 0.3) is 0 Å². The van der Waals surface area contributed by atoms with Crippen LogP contribution in [0.5, 0.6) is 0 Å². The second-order valence-corrected chi connectivity index (χ2v) is 5.00. The Morgan fingerprint density at radius 1 is 1.29 bits per heavy atom. The molecule has 0 heterocycles. The minimum Gasteiger partial charge on any atom is -0.387 e. The van der Waals surface area contributed by atoms with E-state index in [2.05, 4.69) is 10.1 Å². The number of carbonyl (C=O) groups is 1. The molecular weight excluding hydrogens is 334 g/mol. The summed E-state index contributed by atoms with van der Waals surface area (Å²) in [6.45, 7) is -2.46. The third kappa shape index (κ3) is 7.52. The SMILES string of the molecule is O=C(COCC(F)(F)F)NCC(O)c1cc(Cl)cc(Cl)c1. The quantitative estimate of drug-likeness (QED) is 0.833. The van der Waals surface area contributed by atoms with E-state index in [9.17, 15) is 23.1 Å². The number of aliphatic hydroxyl groups is 1. The van der Waals surface area contributed by atoms with Gasteiger partial charge in [-0.2, -0.15) is 13.2 Å². The Kier molecular flexibility index (Phi) is 6.73. The van der Waals surface area contributed by atoms with Crippen molar-refractivity contribution < 1.29 is 27.8 Å². The van der Waals surface area contributed by atoms with Gasteiger partial charge in [0.2, 0.25) is 5.91 Å². The normalized spacial score (nSPS) is 13.0. The number of benzene rings is 1. The van der Waals surface area contributed by atoms with Gasteiger partial charge in [0.1, 0.15) is 13.2 Å². The molecule has 0 fully saturated rings. The first-order valence-corrected chi connectivity index (χ1v) is 6.48. The molecule has 0 spiro atoms. The molecule has 1 atom stereocenters. The fraction of sp³-hybridized carbons (Fsp3) is 0.417.